The number of aromatic amines is 1. The van der Waals surface area contributed by atoms with Gasteiger partial charge in [-0.15, -0.1) is 11.8 Å². The highest BCUT2D eigenvalue weighted by atomic mass is 32.2. The predicted molar refractivity (Wildman–Crippen MR) is 98.5 cm³/mol. The molecule has 1 atom stereocenters. The molecule has 4 rings (SSSR count). The molecule has 0 radical (unpaired) electrons. The Balaban J connectivity index is 2.19. The molecule has 0 bridgehead atoms. The van der Waals surface area contributed by atoms with Crippen LogP contribution >= 0.6 is 11.8 Å². The number of nitrogens with zero attached hydrogens (tertiary/aromatic N) is 2. The smallest absolute Gasteiger partial charge is 0.379 e. The van der Waals surface area contributed by atoms with Gasteiger partial charge in [0.25, 0.3) is 5.56 Å². The number of hydrogen-bond acceptors (Lipinski definition) is 5. The average molecular weight is 427 g/mol. The lowest BCUT2D eigenvalue weighted by Gasteiger charge is -2.19. The van der Waals surface area contributed by atoms with Crippen molar-refractivity contribution in [1.29, 1.82) is 0 Å². The van der Waals surface area contributed by atoms with E-state index in [0.717, 1.165) is 30.1 Å². The molecule has 1 N–H and O–H groups in total. The summed E-state index contributed by atoms with van der Waals surface area (Å²) in [7, 11) is 1.43. The van der Waals surface area contributed by atoms with Gasteiger partial charge in [0.1, 0.15) is 5.82 Å². The van der Waals surface area contributed by atoms with Crippen molar-refractivity contribution >= 4 is 22.7 Å². The molecule has 11 heteroatoms. The summed E-state index contributed by atoms with van der Waals surface area (Å²) in [4.78, 5) is 30.7. The van der Waals surface area contributed by atoms with Crippen molar-refractivity contribution in [2.24, 2.45) is 0 Å². The number of hydrogen-bond donors (Lipinski definition) is 1. The third-order valence-corrected chi connectivity index (χ3v) is 5.88. The predicted octanol–water partition coefficient (Wildman–Crippen LogP) is 3.03. The molecule has 1 aliphatic heterocycles. The number of rotatable bonds is 2. The molecule has 29 heavy (non-hydrogen) atoms. The number of H-pyrrole nitrogens is 1. The molecule has 1 aromatic carbocycles. The first-order valence-electron chi connectivity index (χ1n) is 8.39. The maximum Gasteiger partial charge on any atom is 0.417 e. The molecule has 0 fully saturated rings. The quantitative estimate of drug-likeness (QED) is 0.637. The molecule has 0 aliphatic carbocycles. The van der Waals surface area contributed by atoms with Gasteiger partial charge < -0.3 is 4.74 Å². The summed E-state index contributed by atoms with van der Waals surface area (Å²) < 4.78 is 61.6. The highest BCUT2D eigenvalue weighted by molar-refractivity contribution is 7.99. The van der Waals surface area contributed by atoms with E-state index in [-0.39, 0.29) is 39.4 Å². The van der Waals surface area contributed by atoms with Crippen LogP contribution in [0.5, 0.6) is 0 Å². The minimum Gasteiger partial charge on any atom is -0.379 e. The van der Waals surface area contributed by atoms with Gasteiger partial charge in [-0.05, 0) is 18.2 Å². The van der Waals surface area contributed by atoms with Gasteiger partial charge in [-0.1, -0.05) is 0 Å². The lowest BCUT2D eigenvalue weighted by molar-refractivity contribution is -0.137. The highest BCUT2D eigenvalue weighted by Gasteiger charge is 2.38. The number of methoxy groups -OCH3 is 1. The molecule has 0 saturated carbocycles. The van der Waals surface area contributed by atoms with Crippen LogP contribution in [0, 0.1) is 5.82 Å². The molecule has 0 unspecified atom stereocenters. The average Bonchev–Trinajstić information content (AvgIpc) is 2.86. The van der Waals surface area contributed by atoms with Crippen molar-refractivity contribution in [3.05, 3.63) is 56.6 Å². The van der Waals surface area contributed by atoms with E-state index in [1.807, 2.05) is 0 Å². The van der Waals surface area contributed by atoms with Gasteiger partial charge in [-0.2, -0.15) is 13.2 Å². The normalized spacial score (nSPS) is 16.8. The van der Waals surface area contributed by atoms with Crippen LogP contribution in [0.3, 0.4) is 0 Å². The van der Waals surface area contributed by atoms with Crippen LogP contribution in [0.1, 0.15) is 5.56 Å². The second kappa shape index (κ2) is 6.99. The van der Waals surface area contributed by atoms with Gasteiger partial charge in [0.05, 0.1) is 41.0 Å². The van der Waals surface area contributed by atoms with Crippen LogP contribution in [-0.2, 0) is 17.5 Å². The number of halogens is 4. The van der Waals surface area contributed by atoms with Crippen LogP contribution in [0.15, 0.2) is 38.9 Å². The molecular formula is C18H13F4N3O3S. The molecule has 6 nitrogen and oxygen atoms in total. The first-order valence-corrected chi connectivity index (χ1v) is 9.37. The van der Waals surface area contributed by atoms with Crippen LogP contribution in [0.4, 0.5) is 17.6 Å². The zero-order valence-electron chi connectivity index (χ0n) is 14.8. The van der Waals surface area contributed by atoms with Crippen molar-refractivity contribution in [2.75, 3.05) is 12.9 Å². The van der Waals surface area contributed by atoms with Gasteiger partial charge in [0.2, 0.25) is 0 Å². The van der Waals surface area contributed by atoms with Gasteiger partial charge in [0.15, 0.2) is 0 Å². The maximum atomic E-state index is 13.9. The Labute approximate surface area is 164 Å². The fourth-order valence-corrected chi connectivity index (χ4v) is 4.62. The molecule has 3 heterocycles. The summed E-state index contributed by atoms with van der Waals surface area (Å²) in [6.07, 6.45) is -4.46. The van der Waals surface area contributed by atoms with Crippen molar-refractivity contribution in [1.82, 2.24) is 14.5 Å². The monoisotopic (exact) mass is 427 g/mol. The van der Waals surface area contributed by atoms with E-state index in [2.05, 4.69) is 9.97 Å². The molecule has 3 aromatic rings. The third kappa shape index (κ3) is 3.33. The minimum absolute atomic E-state index is 0.0598. The number of ether oxygens (including phenoxy) is 1. The van der Waals surface area contributed by atoms with Crippen LogP contribution in [-0.4, -0.2) is 33.5 Å². The summed E-state index contributed by atoms with van der Waals surface area (Å²) in [5, 5.41) is -0.262. The van der Waals surface area contributed by atoms with Crippen LogP contribution in [0.25, 0.3) is 22.2 Å². The molecule has 152 valence electrons. The fourth-order valence-electron chi connectivity index (χ4n) is 3.31. The second-order valence-electron chi connectivity index (χ2n) is 6.42. The van der Waals surface area contributed by atoms with E-state index < -0.39 is 34.9 Å². The summed E-state index contributed by atoms with van der Waals surface area (Å²) >= 11 is 1.04. The number of pyridine rings is 1. The number of aromatic nitrogens is 3. The summed E-state index contributed by atoms with van der Waals surface area (Å²) in [6, 6.07) is 2.85. The SMILES string of the molecule is CO[C@@H]1CSc2c(-c3ccc(F)cn3)c(C(F)(F)F)cc3c(=O)[nH]c(=O)n(c23)C1. The number of nitrogens with one attached hydrogen (secondary N) is 1. The van der Waals surface area contributed by atoms with E-state index in [9.17, 15) is 27.2 Å². The number of thioether (sulfide) groups is 1. The van der Waals surface area contributed by atoms with Crippen molar-refractivity contribution in [3.63, 3.8) is 0 Å². The highest BCUT2D eigenvalue weighted by Crippen LogP contribution is 2.45. The summed E-state index contributed by atoms with van der Waals surface area (Å²) in [5.41, 5.74) is -3.08. The lowest BCUT2D eigenvalue weighted by Crippen LogP contribution is -2.34. The largest absolute Gasteiger partial charge is 0.417 e. The minimum atomic E-state index is -4.81. The molecule has 2 aromatic heterocycles. The maximum absolute atomic E-state index is 13.9. The third-order valence-electron chi connectivity index (χ3n) is 4.66. The first-order chi connectivity index (χ1) is 13.7. The number of benzene rings is 1. The Bertz CT molecular complexity index is 1220. The zero-order valence-corrected chi connectivity index (χ0v) is 15.7. The van der Waals surface area contributed by atoms with Gasteiger partial charge >= 0.3 is 11.9 Å². The Kier molecular flexibility index (Phi) is 4.74. The van der Waals surface area contributed by atoms with Gasteiger partial charge in [-0.3, -0.25) is 19.3 Å². The van der Waals surface area contributed by atoms with Gasteiger partial charge in [0, 0.05) is 23.3 Å². The van der Waals surface area contributed by atoms with Crippen molar-refractivity contribution in [3.8, 4) is 11.3 Å². The molecular weight excluding hydrogens is 414 g/mol. The molecule has 0 spiro atoms. The van der Waals surface area contributed by atoms with Crippen molar-refractivity contribution in [2.45, 2.75) is 23.7 Å². The van der Waals surface area contributed by atoms with E-state index in [1.54, 1.807) is 0 Å². The molecule has 0 saturated heterocycles. The van der Waals surface area contributed by atoms with E-state index in [0.29, 0.717) is 6.07 Å². The number of alkyl halides is 3. The van der Waals surface area contributed by atoms with Crippen LogP contribution in [0.2, 0.25) is 0 Å². The summed E-state index contributed by atoms with van der Waals surface area (Å²) in [6.45, 7) is 0.0598. The summed E-state index contributed by atoms with van der Waals surface area (Å²) in [5.74, 6) is -0.453. The Morgan fingerprint density at radius 1 is 1.31 bits per heavy atom. The zero-order chi connectivity index (χ0) is 20.9. The van der Waals surface area contributed by atoms with E-state index in [4.69, 9.17) is 4.74 Å². The van der Waals surface area contributed by atoms with Crippen LogP contribution < -0.4 is 11.2 Å². The molecule has 1 aliphatic rings. The lowest BCUT2D eigenvalue weighted by atomic mass is 10.00. The Morgan fingerprint density at radius 2 is 2.07 bits per heavy atom. The topological polar surface area (TPSA) is 77.0 Å². The Morgan fingerprint density at radius 3 is 2.69 bits per heavy atom. The standard InChI is InChI=1S/C18H13F4N3O3S/c1-28-9-6-25-14-10(16(26)24-17(25)27)4-11(18(20,21)22)13(15(14)29-7-9)12-3-2-8(19)5-23-12/h2-5,9H,6-7H2,1H3,(H,24,26,27)/t9-/m0/s1. The van der Waals surface area contributed by atoms with E-state index >= 15 is 0 Å². The fraction of sp³-hybridized carbons (Fsp3) is 0.278. The first kappa shape index (κ1) is 19.6. The molecule has 0 amide bonds. The van der Waals surface area contributed by atoms with Gasteiger partial charge in [-0.25, -0.2) is 9.18 Å². The van der Waals surface area contributed by atoms with E-state index in [1.165, 1.54) is 11.7 Å². The second-order valence-corrected chi connectivity index (χ2v) is 7.45. The van der Waals surface area contributed by atoms with Crippen molar-refractivity contribution < 1.29 is 22.3 Å². The Hall–Kier alpha value is -2.66.